The molecule has 0 amide bonds. The molecule has 2 nitrogen and oxygen atoms in total. The van der Waals surface area contributed by atoms with Crippen molar-refractivity contribution in [2.24, 2.45) is 5.73 Å². The van der Waals surface area contributed by atoms with Crippen molar-refractivity contribution in [3.8, 4) is 0 Å². The molecule has 1 fully saturated rings. The van der Waals surface area contributed by atoms with Gasteiger partial charge in [0.15, 0.2) is 0 Å². The van der Waals surface area contributed by atoms with Crippen LogP contribution in [0.3, 0.4) is 0 Å². The number of aromatic nitrogens is 1. The molecule has 0 atom stereocenters. The van der Waals surface area contributed by atoms with Gasteiger partial charge in [-0.1, -0.05) is 0 Å². The highest BCUT2D eigenvalue weighted by molar-refractivity contribution is 5.24. The molecule has 3 heteroatoms. The molecular weight excluding hydrogens is 167 g/mol. The molecule has 0 bridgehead atoms. The fourth-order valence-corrected chi connectivity index (χ4v) is 1.76. The van der Waals surface area contributed by atoms with E-state index < -0.39 is 0 Å². The SMILES string of the molecule is NCCC1(c2cc(F)ccn2)CC1. The van der Waals surface area contributed by atoms with Crippen LogP contribution in [0.4, 0.5) is 4.39 Å². The van der Waals surface area contributed by atoms with E-state index >= 15 is 0 Å². The van der Waals surface area contributed by atoms with Crippen molar-refractivity contribution in [1.82, 2.24) is 4.98 Å². The summed E-state index contributed by atoms with van der Waals surface area (Å²) in [7, 11) is 0. The van der Waals surface area contributed by atoms with Crippen LogP contribution in [0, 0.1) is 5.82 Å². The number of rotatable bonds is 3. The topological polar surface area (TPSA) is 38.9 Å². The Bertz CT molecular complexity index is 308. The Hall–Kier alpha value is -0.960. The third-order valence-electron chi connectivity index (χ3n) is 2.74. The van der Waals surface area contributed by atoms with Crippen molar-refractivity contribution in [3.63, 3.8) is 0 Å². The van der Waals surface area contributed by atoms with Crippen LogP contribution in [-0.2, 0) is 5.41 Å². The lowest BCUT2D eigenvalue weighted by atomic mass is 9.97. The van der Waals surface area contributed by atoms with Crippen molar-refractivity contribution < 1.29 is 4.39 Å². The molecular formula is C10H13FN2. The smallest absolute Gasteiger partial charge is 0.126 e. The molecule has 1 saturated carbocycles. The minimum Gasteiger partial charge on any atom is -0.330 e. The average molecular weight is 180 g/mol. The van der Waals surface area contributed by atoms with Crippen molar-refractivity contribution in [2.75, 3.05) is 6.54 Å². The minimum absolute atomic E-state index is 0.108. The van der Waals surface area contributed by atoms with Gasteiger partial charge in [-0.05, 0) is 37.9 Å². The van der Waals surface area contributed by atoms with Crippen LogP contribution in [0.2, 0.25) is 0 Å². The molecule has 1 aromatic heterocycles. The predicted octanol–water partition coefficient (Wildman–Crippen LogP) is 1.60. The first-order valence-corrected chi connectivity index (χ1v) is 4.59. The van der Waals surface area contributed by atoms with Crippen molar-refractivity contribution in [1.29, 1.82) is 0 Å². The molecule has 0 aromatic carbocycles. The monoisotopic (exact) mass is 180 g/mol. The summed E-state index contributed by atoms with van der Waals surface area (Å²) in [5, 5.41) is 0. The highest BCUT2D eigenvalue weighted by Crippen LogP contribution is 2.49. The lowest BCUT2D eigenvalue weighted by Gasteiger charge is -2.12. The Balaban J connectivity index is 2.25. The normalized spacial score (nSPS) is 18.6. The summed E-state index contributed by atoms with van der Waals surface area (Å²) in [6, 6.07) is 2.91. The largest absolute Gasteiger partial charge is 0.330 e. The molecule has 1 heterocycles. The number of pyridine rings is 1. The predicted molar refractivity (Wildman–Crippen MR) is 48.8 cm³/mol. The maximum absolute atomic E-state index is 12.9. The number of hydrogen-bond donors (Lipinski definition) is 1. The molecule has 1 aliphatic rings. The molecule has 0 spiro atoms. The van der Waals surface area contributed by atoms with Gasteiger partial charge in [-0.15, -0.1) is 0 Å². The molecule has 2 N–H and O–H groups in total. The highest BCUT2D eigenvalue weighted by Gasteiger charge is 2.44. The second kappa shape index (κ2) is 3.07. The van der Waals surface area contributed by atoms with Gasteiger partial charge >= 0.3 is 0 Å². The second-order valence-corrected chi connectivity index (χ2v) is 3.68. The standard InChI is InChI=1S/C10H13FN2/c11-8-1-6-13-9(7-8)10(2-3-10)4-5-12/h1,6-7H,2-5,12H2. The third-order valence-corrected chi connectivity index (χ3v) is 2.74. The summed E-state index contributed by atoms with van der Waals surface area (Å²) in [5.41, 5.74) is 6.49. The fourth-order valence-electron chi connectivity index (χ4n) is 1.76. The fraction of sp³-hybridized carbons (Fsp3) is 0.500. The van der Waals surface area contributed by atoms with E-state index in [9.17, 15) is 4.39 Å². The van der Waals surface area contributed by atoms with Crippen LogP contribution in [0.1, 0.15) is 25.0 Å². The first-order valence-electron chi connectivity index (χ1n) is 4.59. The van der Waals surface area contributed by atoms with Gasteiger partial charge in [-0.25, -0.2) is 4.39 Å². The van der Waals surface area contributed by atoms with E-state index in [2.05, 4.69) is 4.98 Å². The molecule has 2 rings (SSSR count). The summed E-state index contributed by atoms with van der Waals surface area (Å²) in [4.78, 5) is 4.20. The Morgan fingerprint density at radius 2 is 2.31 bits per heavy atom. The quantitative estimate of drug-likeness (QED) is 0.767. The van der Waals surface area contributed by atoms with E-state index in [0.717, 1.165) is 25.0 Å². The first kappa shape index (κ1) is 8.63. The van der Waals surface area contributed by atoms with E-state index in [4.69, 9.17) is 5.73 Å². The van der Waals surface area contributed by atoms with Crippen LogP contribution in [0.15, 0.2) is 18.3 Å². The molecule has 70 valence electrons. The molecule has 1 aromatic rings. The highest BCUT2D eigenvalue weighted by atomic mass is 19.1. The van der Waals surface area contributed by atoms with Gasteiger partial charge in [0.2, 0.25) is 0 Å². The van der Waals surface area contributed by atoms with Crippen LogP contribution < -0.4 is 5.73 Å². The zero-order valence-electron chi connectivity index (χ0n) is 7.46. The van der Waals surface area contributed by atoms with Crippen molar-refractivity contribution in [3.05, 3.63) is 29.8 Å². The summed E-state index contributed by atoms with van der Waals surface area (Å²) in [6.45, 7) is 0.651. The lowest BCUT2D eigenvalue weighted by Crippen LogP contribution is -2.15. The van der Waals surface area contributed by atoms with E-state index in [-0.39, 0.29) is 11.2 Å². The van der Waals surface area contributed by atoms with Gasteiger partial charge in [0.25, 0.3) is 0 Å². The second-order valence-electron chi connectivity index (χ2n) is 3.68. The Kier molecular flexibility index (Phi) is 2.04. The van der Waals surface area contributed by atoms with E-state index in [0.29, 0.717) is 6.54 Å². The zero-order valence-corrected chi connectivity index (χ0v) is 7.46. The lowest BCUT2D eigenvalue weighted by molar-refractivity contribution is 0.583. The number of nitrogens with two attached hydrogens (primary N) is 1. The molecule has 1 aliphatic carbocycles. The summed E-state index contributed by atoms with van der Waals surface area (Å²) >= 11 is 0. The Labute approximate surface area is 77.0 Å². The van der Waals surface area contributed by atoms with Crippen LogP contribution >= 0.6 is 0 Å². The average Bonchev–Trinajstić information content (AvgIpc) is 2.86. The summed E-state index contributed by atoms with van der Waals surface area (Å²) in [5.74, 6) is -0.201. The minimum atomic E-state index is -0.201. The Morgan fingerprint density at radius 3 is 2.85 bits per heavy atom. The number of nitrogens with zero attached hydrogens (tertiary/aromatic N) is 1. The maximum atomic E-state index is 12.9. The van der Waals surface area contributed by atoms with Gasteiger partial charge in [0, 0.05) is 17.3 Å². The van der Waals surface area contributed by atoms with Crippen molar-refractivity contribution in [2.45, 2.75) is 24.7 Å². The van der Waals surface area contributed by atoms with Gasteiger partial charge in [0.1, 0.15) is 5.82 Å². The third kappa shape index (κ3) is 1.56. The molecule has 0 aliphatic heterocycles. The van der Waals surface area contributed by atoms with Crippen LogP contribution in [0.5, 0.6) is 0 Å². The zero-order chi connectivity index (χ0) is 9.31. The summed E-state index contributed by atoms with van der Waals surface area (Å²) < 4.78 is 12.9. The van der Waals surface area contributed by atoms with Crippen LogP contribution in [0.25, 0.3) is 0 Å². The molecule has 13 heavy (non-hydrogen) atoms. The molecule has 0 saturated heterocycles. The number of halogens is 1. The molecule has 0 unspecified atom stereocenters. The maximum Gasteiger partial charge on any atom is 0.126 e. The molecule has 0 radical (unpaired) electrons. The van der Waals surface area contributed by atoms with Gasteiger partial charge in [-0.2, -0.15) is 0 Å². The van der Waals surface area contributed by atoms with Gasteiger partial charge in [-0.3, -0.25) is 4.98 Å². The van der Waals surface area contributed by atoms with Crippen LogP contribution in [-0.4, -0.2) is 11.5 Å². The first-order chi connectivity index (χ1) is 6.27. The number of hydrogen-bond acceptors (Lipinski definition) is 2. The van der Waals surface area contributed by atoms with E-state index in [1.807, 2.05) is 0 Å². The summed E-state index contributed by atoms with van der Waals surface area (Å²) in [6.07, 6.45) is 4.64. The van der Waals surface area contributed by atoms with Crippen molar-refractivity contribution >= 4 is 0 Å². The van der Waals surface area contributed by atoms with Gasteiger partial charge in [0.05, 0.1) is 0 Å². The Morgan fingerprint density at radius 1 is 1.54 bits per heavy atom. The van der Waals surface area contributed by atoms with E-state index in [1.165, 1.54) is 18.3 Å². The van der Waals surface area contributed by atoms with E-state index in [1.54, 1.807) is 0 Å². The van der Waals surface area contributed by atoms with Gasteiger partial charge < -0.3 is 5.73 Å².